The van der Waals surface area contributed by atoms with Crippen molar-refractivity contribution < 1.29 is 22.8 Å². The zero-order chi connectivity index (χ0) is 19.6. The first-order valence-electron chi connectivity index (χ1n) is 8.59. The molecule has 0 saturated carbocycles. The normalized spacial score (nSPS) is 12.4. The summed E-state index contributed by atoms with van der Waals surface area (Å²) in [7, 11) is 0. The molecule has 0 aromatic heterocycles. The average Bonchev–Trinajstić information content (AvgIpc) is 2.56. The number of alkyl halides is 3. The van der Waals surface area contributed by atoms with Crippen LogP contribution in [0.2, 0.25) is 0 Å². The number of carbonyl (C=O) groups excluding carboxylic acids is 2. The van der Waals surface area contributed by atoms with Crippen LogP contribution in [-0.2, 0) is 22.2 Å². The topological polar surface area (TPSA) is 72.2 Å². The van der Waals surface area contributed by atoms with E-state index in [1.54, 1.807) is 0 Å². The maximum Gasteiger partial charge on any atom is 0.416 e. The fraction of sp³-hybridized carbons (Fsp3) is 0.474. The van der Waals surface area contributed by atoms with E-state index in [9.17, 15) is 22.8 Å². The quantitative estimate of drug-likeness (QED) is 0.460. The highest BCUT2D eigenvalue weighted by Crippen LogP contribution is 2.29. The van der Waals surface area contributed by atoms with Gasteiger partial charge in [-0.1, -0.05) is 43.5 Å². The van der Waals surface area contributed by atoms with Gasteiger partial charge in [0.2, 0.25) is 11.8 Å². The first-order valence-corrected chi connectivity index (χ1v) is 8.59. The standard InChI is InChI=1S/C19H25F3N2O2/c1-2-3-4-5-6-7-11-16(18(23)26)24-17(25)13-14-9-8-10-15(12-14)19(20,21)22/h2,8-10,12,16H,1,3-7,11,13H2,(H2,23,26)(H,24,25)/t16-/m1/s1. The Balaban J connectivity index is 2.52. The minimum Gasteiger partial charge on any atom is -0.368 e. The Morgan fingerprint density at radius 1 is 1.19 bits per heavy atom. The van der Waals surface area contributed by atoms with Crippen molar-refractivity contribution >= 4 is 11.8 Å². The minimum absolute atomic E-state index is 0.227. The van der Waals surface area contributed by atoms with Gasteiger partial charge in [-0.3, -0.25) is 9.59 Å². The molecule has 7 heteroatoms. The molecule has 0 aliphatic rings. The summed E-state index contributed by atoms with van der Waals surface area (Å²) in [6.07, 6.45) is 2.14. The predicted octanol–water partition coefficient (Wildman–Crippen LogP) is 3.74. The third-order valence-corrected chi connectivity index (χ3v) is 3.95. The molecule has 26 heavy (non-hydrogen) atoms. The number of halogens is 3. The summed E-state index contributed by atoms with van der Waals surface area (Å²) in [5.41, 5.74) is 4.72. The zero-order valence-electron chi connectivity index (χ0n) is 14.6. The van der Waals surface area contributed by atoms with Gasteiger partial charge in [-0.05, 0) is 30.9 Å². The molecule has 0 radical (unpaired) electrons. The molecule has 0 aliphatic carbocycles. The fourth-order valence-corrected chi connectivity index (χ4v) is 2.56. The highest BCUT2D eigenvalue weighted by atomic mass is 19.4. The van der Waals surface area contributed by atoms with Gasteiger partial charge in [0.25, 0.3) is 0 Å². The van der Waals surface area contributed by atoms with Crippen LogP contribution in [0.3, 0.4) is 0 Å². The average molecular weight is 370 g/mol. The molecule has 0 aliphatic heterocycles. The Labute approximate surface area is 151 Å². The number of carbonyl (C=O) groups is 2. The predicted molar refractivity (Wildman–Crippen MR) is 94.2 cm³/mol. The second-order valence-corrected chi connectivity index (χ2v) is 6.18. The van der Waals surface area contributed by atoms with Crippen LogP contribution < -0.4 is 11.1 Å². The SMILES string of the molecule is C=CCCCCCC[C@@H](NC(=O)Cc1cccc(C(F)(F)F)c1)C(N)=O. The third kappa shape index (κ3) is 8.18. The van der Waals surface area contributed by atoms with Gasteiger partial charge < -0.3 is 11.1 Å². The molecule has 0 bridgehead atoms. The van der Waals surface area contributed by atoms with E-state index >= 15 is 0 Å². The first kappa shape index (κ1) is 21.7. The number of primary amides is 1. The summed E-state index contributed by atoms with van der Waals surface area (Å²) in [4.78, 5) is 23.5. The van der Waals surface area contributed by atoms with Gasteiger partial charge >= 0.3 is 6.18 Å². The molecular weight excluding hydrogens is 345 g/mol. The van der Waals surface area contributed by atoms with Crippen molar-refractivity contribution in [3.05, 3.63) is 48.0 Å². The molecule has 0 spiro atoms. The van der Waals surface area contributed by atoms with Crippen LogP contribution in [0.4, 0.5) is 13.2 Å². The molecule has 1 aromatic rings. The summed E-state index contributed by atoms with van der Waals surface area (Å²) >= 11 is 0. The van der Waals surface area contributed by atoms with Crippen molar-refractivity contribution in [2.45, 2.75) is 57.2 Å². The smallest absolute Gasteiger partial charge is 0.368 e. The van der Waals surface area contributed by atoms with Crippen LogP contribution >= 0.6 is 0 Å². The van der Waals surface area contributed by atoms with Gasteiger partial charge in [-0.25, -0.2) is 0 Å². The second kappa shape index (κ2) is 10.6. The molecule has 0 heterocycles. The van der Waals surface area contributed by atoms with Crippen LogP contribution in [0.15, 0.2) is 36.9 Å². The van der Waals surface area contributed by atoms with E-state index in [0.29, 0.717) is 6.42 Å². The van der Waals surface area contributed by atoms with Crippen LogP contribution in [0.25, 0.3) is 0 Å². The van der Waals surface area contributed by atoms with E-state index in [0.717, 1.165) is 44.2 Å². The molecule has 144 valence electrons. The summed E-state index contributed by atoms with van der Waals surface area (Å²) < 4.78 is 38.1. The van der Waals surface area contributed by atoms with Crippen LogP contribution in [0.1, 0.15) is 49.7 Å². The van der Waals surface area contributed by atoms with Crippen molar-refractivity contribution in [2.75, 3.05) is 0 Å². The van der Waals surface area contributed by atoms with E-state index in [1.807, 2.05) is 6.08 Å². The Hall–Kier alpha value is -2.31. The summed E-state index contributed by atoms with van der Waals surface area (Å²) in [6, 6.07) is 3.75. The molecule has 1 atom stereocenters. The molecule has 1 rings (SSSR count). The van der Waals surface area contributed by atoms with E-state index in [-0.39, 0.29) is 12.0 Å². The molecule has 0 saturated heterocycles. The first-order chi connectivity index (χ1) is 12.2. The zero-order valence-corrected chi connectivity index (χ0v) is 14.6. The van der Waals surface area contributed by atoms with Crippen molar-refractivity contribution in [1.29, 1.82) is 0 Å². The van der Waals surface area contributed by atoms with Crippen LogP contribution in [0.5, 0.6) is 0 Å². The number of amides is 2. The number of nitrogens with two attached hydrogens (primary N) is 1. The molecule has 4 nitrogen and oxygen atoms in total. The highest BCUT2D eigenvalue weighted by molar-refractivity contribution is 5.87. The van der Waals surface area contributed by atoms with E-state index < -0.39 is 29.6 Å². The van der Waals surface area contributed by atoms with Crippen molar-refractivity contribution in [1.82, 2.24) is 5.32 Å². The number of benzene rings is 1. The van der Waals surface area contributed by atoms with Gasteiger partial charge in [-0.15, -0.1) is 6.58 Å². The lowest BCUT2D eigenvalue weighted by Gasteiger charge is -2.16. The largest absolute Gasteiger partial charge is 0.416 e. The van der Waals surface area contributed by atoms with Gasteiger partial charge in [0.15, 0.2) is 0 Å². The lowest BCUT2D eigenvalue weighted by molar-refractivity contribution is -0.137. The maximum atomic E-state index is 12.7. The van der Waals surface area contributed by atoms with Crippen molar-refractivity contribution in [3.8, 4) is 0 Å². The number of hydrogen-bond donors (Lipinski definition) is 2. The lowest BCUT2D eigenvalue weighted by Crippen LogP contribution is -2.45. The third-order valence-electron chi connectivity index (χ3n) is 3.95. The van der Waals surface area contributed by atoms with Crippen LogP contribution in [0, 0.1) is 0 Å². The minimum atomic E-state index is -4.46. The Bertz CT molecular complexity index is 615. The second-order valence-electron chi connectivity index (χ2n) is 6.18. The molecule has 1 aromatic carbocycles. The van der Waals surface area contributed by atoms with E-state index in [1.165, 1.54) is 12.1 Å². The number of unbranched alkanes of at least 4 members (excludes halogenated alkanes) is 4. The van der Waals surface area contributed by atoms with Gasteiger partial charge in [0, 0.05) is 0 Å². The monoisotopic (exact) mass is 370 g/mol. The van der Waals surface area contributed by atoms with Crippen molar-refractivity contribution in [2.24, 2.45) is 5.73 Å². The van der Waals surface area contributed by atoms with Gasteiger partial charge in [0.1, 0.15) is 6.04 Å². The fourth-order valence-electron chi connectivity index (χ4n) is 2.56. The lowest BCUT2D eigenvalue weighted by atomic mass is 10.0. The van der Waals surface area contributed by atoms with Crippen molar-refractivity contribution in [3.63, 3.8) is 0 Å². The van der Waals surface area contributed by atoms with Crippen LogP contribution in [-0.4, -0.2) is 17.9 Å². The number of allylic oxidation sites excluding steroid dienone is 1. The number of hydrogen-bond acceptors (Lipinski definition) is 2. The Morgan fingerprint density at radius 2 is 1.88 bits per heavy atom. The van der Waals surface area contributed by atoms with Gasteiger partial charge in [-0.2, -0.15) is 13.2 Å². The maximum absolute atomic E-state index is 12.7. The highest BCUT2D eigenvalue weighted by Gasteiger charge is 2.30. The number of rotatable bonds is 11. The molecule has 0 unspecified atom stereocenters. The summed E-state index contributed by atoms with van der Waals surface area (Å²) in [6.45, 7) is 3.64. The Kier molecular flexibility index (Phi) is 8.88. The Morgan fingerprint density at radius 3 is 2.50 bits per heavy atom. The van der Waals surface area contributed by atoms with Gasteiger partial charge in [0.05, 0.1) is 12.0 Å². The summed E-state index contributed by atoms with van der Waals surface area (Å²) in [5.74, 6) is -1.17. The molecule has 2 amide bonds. The summed E-state index contributed by atoms with van der Waals surface area (Å²) in [5, 5.41) is 2.51. The molecule has 3 N–H and O–H groups in total. The molecule has 0 fully saturated rings. The molecular formula is C19H25F3N2O2. The number of nitrogens with one attached hydrogen (secondary N) is 1. The van der Waals surface area contributed by atoms with E-state index in [2.05, 4.69) is 11.9 Å². The van der Waals surface area contributed by atoms with E-state index in [4.69, 9.17) is 5.73 Å².